The van der Waals surface area contributed by atoms with E-state index in [4.69, 9.17) is 4.74 Å². The second-order valence-corrected chi connectivity index (χ2v) is 7.85. The monoisotopic (exact) mass is 336 g/mol. The van der Waals surface area contributed by atoms with E-state index < -0.39 is 5.41 Å². The number of ether oxygens (including phenoxy) is 1. The summed E-state index contributed by atoms with van der Waals surface area (Å²) in [6.07, 6.45) is 7.63. The number of rotatable bonds is 2. The van der Waals surface area contributed by atoms with Crippen LogP contribution in [0.4, 0.5) is 0 Å². The summed E-state index contributed by atoms with van der Waals surface area (Å²) in [6.45, 7) is 3.30. The third-order valence-electron chi connectivity index (χ3n) is 6.72. The second kappa shape index (κ2) is 5.13. The number of nitrogens with zero attached hydrogens (tertiary/aromatic N) is 1. The summed E-state index contributed by atoms with van der Waals surface area (Å²) in [4.78, 5) is 19.3. The molecule has 0 unspecified atom stereocenters. The molecule has 130 valence electrons. The Bertz CT molecular complexity index is 883. The Kier molecular flexibility index (Phi) is 3.09. The first kappa shape index (κ1) is 15.1. The molecular weight excluding hydrogens is 312 g/mol. The first-order valence-electron chi connectivity index (χ1n) is 9.32. The Morgan fingerprint density at radius 1 is 1.40 bits per heavy atom. The van der Waals surface area contributed by atoms with Crippen molar-refractivity contribution in [3.05, 3.63) is 41.7 Å². The lowest BCUT2D eigenvalue weighted by Crippen LogP contribution is -2.66. The van der Waals surface area contributed by atoms with Crippen molar-refractivity contribution in [1.82, 2.24) is 9.88 Å². The molecule has 2 aromatic rings. The summed E-state index contributed by atoms with van der Waals surface area (Å²) in [7, 11) is 1.53. The van der Waals surface area contributed by atoms with Crippen LogP contribution >= 0.6 is 0 Å². The number of H-pyrrole nitrogens is 1. The van der Waals surface area contributed by atoms with Gasteiger partial charge in [-0.2, -0.15) is 0 Å². The summed E-state index contributed by atoms with van der Waals surface area (Å²) in [5.41, 5.74) is 2.73. The Morgan fingerprint density at radius 3 is 3.04 bits per heavy atom. The molecule has 1 aromatic carbocycles. The molecule has 4 heterocycles. The minimum atomic E-state index is -0.589. The normalized spacial score (nSPS) is 32.6. The minimum absolute atomic E-state index is 0.0816. The van der Waals surface area contributed by atoms with Gasteiger partial charge < -0.3 is 14.6 Å². The number of aromatic nitrogens is 1. The summed E-state index contributed by atoms with van der Waals surface area (Å²) in [6, 6.07) is 8.52. The van der Waals surface area contributed by atoms with E-state index in [1.54, 1.807) is 0 Å². The van der Waals surface area contributed by atoms with Gasteiger partial charge in [0.1, 0.15) is 5.41 Å². The summed E-state index contributed by atoms with van der Waals surface area (Å²) in [5.74, 6) is 0.978. The lowest BCUT2D eigenvalue weighted by atomic mass is 9.56. The highest BCUT2D eigenvalue weighted by Gasteiger charge is 2.62. The van der Waals surface area contributed by atoms with Crippen LogP contribution in [0.25, 0.3) is 17.0 Å². The third kappa shape index (κ3) is 1.80. The van der Waals surface area contributed by atoms with Crippen molar-refractivity contribution in [2.24, 2.45) is 11.8 Å². The van der Waals surface area contributed by atoms with Gasteiger partial charge in [0.2, 0.25) is 0 Å². The predicted molar refractivity (Wildman–Crippen MR) is 98.0 cm³/mol. The maximum absolute atomic E-state index is 13.2. The first-order valence-corrected chi connectivity index (χ1v) is 9.32. The molecular formula is C21H24N2O2. The molecule has 1 aliphatic carbocycles. The molecule has 25 heavy (non-hydrogen) atoms. The molecule has 0 radical (unpaired) electrons. The SMILES string of the molecule is CC[C@H]1C[C@H]2CN3C=Cc4c([nH]c5ccccc45)[C@](C(=O)OC)(C2)[C@H]13. The van der Waals surface area contributed by atoms with Gasteiger partial charge in [-0.3, -0.25) is 4.79 Å². The van der Waals surface area contributed by atoms with Gasteiger partial charge in [0.15, 0.2) is 0 Å². The second-order valence-electron chi connectivity index (χ2n) is 7.85. The molecule has 1 aromatic heterocycles. The molecule has 4 aliphatic rings. The maximum atomic E-state index is 13.2. The van der Waals surface area contributed by atoms with E-state index in [-0.39, 0.29) is 12.0 Å². The topological polar surface area (TPSA) is 45.3 Å². The third-order valence-corrected chi connectivity index (χ3v) is 6.72. The van der Waals surface area contributed by atoms with Crippen molar-refractivity contribution >= 4 is 22.9 Å². The Balaban J connectivity index is 1.84. The van der Waals surface area contributed by atoms with Crippen molar-refractivity contribution in [2.75, 3.05) is 13.7 Å². The van der Waals surface area contributed by atoms with Crippen LogP contribution in [0.3, 0.4) is 0 Å². The van der Waals surface area contributed by atoms with E-state index in [9.17, 15) is 4.79 Å². The van der Waals surface area contributed by atoms with Gasteiger partial charge in [0.05, 0.1) is 13.2 Å². The molecule has 1 saturated carbocycles. The van der Waals surface area contributed by atoms with Crippen molar-refractivity contribution in [3.63, 3.8) is 0 Å². The number of esters is 1. The number of nitrogens with one attached hydrogen (secondary N) is 1. The molecule has 4 atom stereocenters. The zero-order valence-electron chi connectivity index (χ0n) is 14.8. The highest BCUT2D eigenvalue weighted by Crippen LogP contribution is 2.55. The number of hydrogen-bond acceptors (Lipinski definition) is 3. The largest absolute Gasteiger partial charge is 0.468 e. The van der Waals surface area contributed by atoms with Crippen LogP contribution in [0.5, 0.6) is 0 Å². The number of aromatic amines is 1. The van der Waals surface area contributed by atoms with Crippen LogP contribution in [0.2, 0.25) is 0 Å². The molecule has 6 rings (SSSR count). The predicted octanol–water partition coefficient (Wildman–Crippen LogP) is 3.68. The van der Waals surface area contributed by atoms with Crippen molar-refractivity contribution in [3.8, 4) is 0 Å². The summed E-state index contributed by atoms with van der Waals surface area (Å²) >= 11 is 0. The van der Waals surface area contributed by atoms with Gasteiger partial charge in [-0.05, 0) is 36.8 Å². The molecule has 2 saturated heterocycles. The van der Waals surface area contributed by atoms with E-state index in [1.165, 1.54) is 18.9 Å². The molecule has 0 amide bonds. The summed E-state index contributed by atoms with van der Waals surface area (Å²) in [5, 5.41) is 1.19. The van der Waals surface area contributed by atoms with Crippen molar-refractivity contribution in [1.29, 1.82) is 0 Å². The molecule has 4 heteroatoms. The van der Waals surface area contributed by atoms with Gasteiger partial charge in [0, 0.05) is 34.9 Å². The van der Waals surface area contributed by atoms with Crippen LogP contribution in [0, 0.1) is 11.8 Å². The lowest BCUT2D eigenvalue weighted by Gasteiger charge is -2.57. The van der Waals surface area contributed by atoms with Gasteiger partial charge in [-0.15, -0.1) is 0 Å². The number of piperidine rings is 2. The highest BCUT2D eigenvalue weighted by molar-refractivity contribution is 5.96. The van der Waals surface area contributed by atoms with Gasteiger partial charge in [0.25, 0.3) is 0 Å². The van der Waals surface area contributed by atoms with Crippen LogP contribution in [-0.2, 0) is 14.9 Å². The van der Waals surface area contributed by atoms with E-state index in [0.29, 0.717) is 11.8 Å². The van der Waals surface area contributed by atoms with Gasteiger partial charge >= 0.3 is 5.97 Å². The zero-order valence-corrected chi connectivity index (χ0v) is 14.8. The minimum Gasteiger partial charge on any atom is -0.468 e. The van der Waals surface area contributed by atoms with E-state index in [0.717, 1.165) is 36.2 Å². The lowest BCUT2D eigenvalue weighted by molar-refractivity contribution is -0.160. The molecule has 4 nitrogen and oxygen atoms in total. The van der Waals surface area contributed by atoms with Crippen LogP contribution in [0.15, 0.2) is 30.5 Å². The standard InChI is InChI=1S/C21H24N2O2/c1-3-14-10-13-11-21(20(24)25-2)18-16(8-9-23(12-13)19(14)21)15-6-4-5-7-17(15)22-18/h4-9,13-14,19,22H,3,10-12H2,1-2H3/t13-,14+,19+,21-/m1/s1. The fourth-order valence-corrected chi connectivity index (χ4v) is 5.86. The maximum Gasteiger partial charge on any atom is 0.319 e. The Hall–Kier alpha value is -2.23. The molecule has 3 fully saturated rings. The Labute approximate surface area is 147 Å². The average Bonchev–Trinajstić information content (AvgIpc) is 3.00. The number of benzene rings is 1. The van der Waals surface area contributed by atoms with Crippen molar-refractivity contribution < 1.29 is 9.53 Å². The van der Waals surface area contributed by atoms with Gasteiger partial charge in [-0.1, -0.05) is 31.5 Å². The average molecular weight is 336 g/mol. The van der Waals surface area contributed by atoms with E-state index >= 15 is 0 Å². The number of carbonyl (C=O) groups is 1. The quantitative estimate of drug-likeness (QED) is 0.851. The molecule has 3 aliphatic heterocycles. The number of fused-ring (bicyclic) bond motifs is 4. The first-order chi connectivity index (χ1) is 12.2. The summed E-state index contributed by atoms with van der Waals surface area (Å²) < 4.78 is 5.41. The molecule has 0 spiro atoms. The zero-order chi connectivity index (χ0) is 17.2. The fraction of sp³-hybridized carbons (Fsp3) is 0.476. The number of methoxy groups -OCH3 is 1. The number of hydrogen-bond donors (Lipinski definition) is 1. The van der Waals surface area contributed by atoms with Crippen LogP contribution in [0.1, 0.15) is 37.4 Å². The van der Waals surface area contributed by atoms with Crippen LogP contribution < -0.4 is 0 Å². The Morgan fingerprint density at radius 2 is 2.24 bits per heavy atom. The number of carbonyl (C=O) groups excluding carboxylic acids is 1. The van der Waals surface area contributed by atoms with Gasteiger partial charge in [-0.25, -0.2) is 0 Å². The molecule has 4 bridgehead atoms. The molecule has 1 N–H and O–H groups in total. The fourth-order valence-electron chi connectivity index (χ4n) is 5.86. The van der Waals surface area contributed by atoms with Crippen LogP contribution in [-0.4, -0.2) is 35.5 Å². The van der Waals surface area contributed by atoms with E-state index in [2.05, 4.69) is 47.3 Å². The number of para-hydroxylation sites is 1. The van der Waals surface area contributed by atoms with Crippen molar-refractivity contribution in [2.45, 2.75) is 37.6 Å². The highest BCUT2D eigenvalue weighted by atomic mass is 16.5. The van der Waals surface area contributed by atoms with E-state index in [1.807, 2.05) is 6.07 Å². The smallest absolute Gasteiger partial charge is 0.319 e.